The van der Waals surface area contributed by atoms with Crippen LogP contribution in [0, 0.1) is 11.6 Å². The van der Waals surface area contributed by atoms with Gasteiger partial charge in [0.15, 0.2) is 0 Å². The van der Waals surface area contributed by atoms with Gasteiger partial charge in [0.05, 0.1) is 16.2 Å². The SMILES string of the molecule is O=C(CCCCl)Nc1cc2c(Nc3ccc(F)c(Cl)c3)ncnc2cc1F. The van der Waals surface area contributed by atoms with Crippen molar-refractivity contribution in [1.82, 2.24) is 9.97 Å². The molecule has 0 radical (unpaired) electrons. The Morgan fingerprint density at radius 2 is 1.93 bits per heavy atom. The highest BCUT2D eigenvalue weighted by molar-refractivity contribution is 6.31. The van der Waals surface area contributed by atoms with Crippen LogP contribution in [0.5, 0.6) is 0 Å². The highest BCUT2D eigenvalue weighted by Crippen LogP contribution is 2.29. The van der Waals surface area contributed by atoms with Crippen molar-refractivity contribution in [3.63, 3.8) is 0 Å². The topological polar surface area (TPSA) is 66.9 Å². The van der Waals surface area contributed by atoms with Gasteiger partial charge in [-0.3, -0.25) is 4.79 Å². The molecule has 0 fully saturated rings. The third-order valence-corrected chi connectivity index (χ3v) is 4.27. The highest BCUT2D eigenvalue weighted by atomic mass is 35.5. The van der Waals surface area contributed by atoms with Gasteiger partial charge < -0.3 is 10.6 Å². The third-order valence-electron chi connectivity index (χ3n) is 3.72. The van der Waals surface area contributed by atoms with E-state index in [0.29, 0.717) is 34.7 Å². The molecule has 3 rings (SSSR count). The van der Waals surface area contributed by atoms with Gasteiger partial charge in [-0.15, -0.1) is 11.6 Å². The molecule has 2 N–H and O–H groups in total. The van der Waals surface area contributed by atoms with E-state index in [-0.39, 0.29) is 23.0 Å². The number of rotatable bonds is 6. The van der Waals surface area contributed by atoms with E-state index in [2.05, 4.69) is 20.6 Å². The Morgan fingerprint density at radius 1 is 1.11 bits per heavy atom. The van der Waals surface area contributed by atoms with Crippen molar-refractivity contribution in [3.05, 3.63) is 53.3 Å². The average molecular weight is 411 g/mol. The largest absolute Gasteiger partial charge is 0.340 e. The van der Waals surface area contributed by atoms with Gasteiger partial charge in [-0.05, 0) is 30.7 Å². The van der Waals surface area contributed by atoms with Crippen molar-refractivity contribution in [2.75, 3.05) is 16.5 Å². The molecule has 140 valence electrons. The van der Waals surface area contributed by atoms with E-state index in [1.54, 1.807) is 0 Å². The Kier molecular flexibility index (Phi) is 6.03. The molecule has 9 heteroatoms. The smallest absolute Gasteiger partial charge is 0.224 e. The van der Waals surface area contributed by atoms with Crippen LogP contribution in [-0.2, 0) is 4.79 Å². The molecular formula is C18H14Cl2F2N4O. The van der Waals surface area contributed by atoms with Crippen molar-refractivity contribution in [3.8, 4) is 0 Å². The van der Waals surface area contributed by atoms with Gasteiger partial charge in [0, 0.05) is 29.4 Å². The van der Waals surface area contributed by atoms with Crippen LogP contribution in [0.25, 0.3) is 10.9 Å². The number of amides is 1. The fraction of sp³-hybridized carbons (Fsp3) is 0.167. The van der Waals surface area contributed by atoms with Crippen molar-refractivity contribution in [1.29, 1.82) is 0 Å². The fourth-order valence-electron chi connectivity index (χ4n) is 2.42. The number of hydrogen-bond acceptors (Lipinski definition) is 4. The first-order valence-electron chi connectivity index (χ1n) is 8.00. The predicted molar refractivity (Wildman–Crippen MR) is 103 cm³/mol. The molecule has 0 aliphatic heterocycles. The summed E-state index contributed by atoms with van der Waals surface area (Å²) in [6.07, 6.45) is 1.95. The van der Waals surface area contributed by atoms with E-state index in [1.165, 1.54) is 36.7 Å². The Labute approximate surface area is 163 Å². The number of anilines is 3. The van der Waals surface area contributed by atoms with Gasteiger partial charge in [-0.2, -0.15) is 0 Å². The van der Waals surface area contributed by atoms with Crippen LogP contribution in [0.15, 0.2) is 36.7 Å². The summed E-state index contributed by atoms with van der Waals surface area (Å²) in [5.74, 6) is -0.796. The molecule has 0 aliphatic rings. The van der Waals surface area contributed by atoms with E-state index in [0.717, 1.165) is 0 Å². The molecule has 3 aromatic rings. The molecule has 0 aliphatic carbocycles. The lowest BCUT2D eigenvalue weighted by molar-refractivity contribution is -0.116. The zero-order chi connectivity index (χ0) is 19.4. The summed E-state index contributed by atoms with van der Waals surface area (Å²) >= 11 is 11.4. The summed E-state index contributed by atoms with van der Waals surface area (Å²) in [7, 11) is 0. The summed E-state index contributed by atoms with van der Waals surface area (Å²) in [5, 5.41) is 5.95. The molecule has 1 heterocycles. The molecule has 2 aromatic carbocycles. The molecule has 0 spiro atoms. The van der Waals surface area contributed by atoms with E-state index < -0.39 is 11.6 Å². The number of aromatic nitrogens is 2. The van der Waals surface area contributed by atoms with Crippen molar-refractivity contribution in [2.24, 2.45) is 0 Å². The molecule has 1 aromatic heterocycles. The maximum Gasteiger partial charge on any atom is 0.224 e. The minimum absolute atomic E-state index is 0.0112. The zero-order valence-corrected chi connectivity index (χ0v) is 15.4. The second-order valence-corrected chi connectivity index (χ2v) is 6.45. The molecule has 0 atom stereocenters. The number of nitrogens with one attached hydrogen (secondary N) is 2. The number of carbonyl (C=O) groups is 1. The first-order chi connectivity index (χ1) is 13.0. The minimum atomic E-state index is -0.615. The maximum absolute atomic E-state index is 14.3. The molecule has 0 bridgehead atoms. The maximum atomic E-state index is 14.3. The summed E-state index contributed by atoms with van der Waals surface area (Å²) < 4.78 is 27.6. The number of alkyl halides is 1. The van der Waals surface area contributed by atoms with Crippen molar-refractivity contribution >= 4 is 57.2 Å². The van der Waals surface area contributed by atoms with E-state index >= 15 is 0 Å². The van der Waals surface area contributed by atoms with Gasteiger partial charge in [0.2, 0.25) is 5.91 Å². The molecule has 0 saturated heterocycles. The van der Waals surface area contributed by atoms with Crippen molar-refractivity contribution < 1.29 is 13.6 Å². The summed E-state index contributed by atoms with van der Waals surface area (Å²) in [5.41, 5.74) is 0.854. The third kappa shape index (κ3) is 4.61. The summed E-state index contributed by atoms with van der Waals surface area (Å²) in [4.78, 5) is 20.1. The Bertz CT molecular complexity index is 1000. The van der Waals surface area contributed by atoms with Crippen LogP contribution in [0.4, 0.5) is 26.0 Å². The highest BCUT2D eigenvalue weighted by Gasteiger charge is 2.13. The van der Waals surface area contributed by atoms with Gasteiger partial charge in [-0.25, -0.2) is 18.7 Å². The van der Waals surface area contributed by atoms with E-state index in [9.17, 15) is 13.6 Å². The Morgan fingerprint density at radius 3 is 2.67 bits per heavy atom. The van der Waals surface area contributed by atoms with Crippen molar-refractivity contribution in [2.45, 2.75) is 12.8 Å². The number of halogens is 4. The first-order valence-corrected chi connectivity index (χ1v) is 8.91. The van der Waals surface area contributed by atoms with Gasteiger partial charge in [0.25, 0.3) is 0 Å². The van der Waals surface area contributed by atoms with E-state index in [1.807, 2.05) is 0 Å². The standard InChI is InChI=1S/C18H14Cl2F2N4O/c19-5-1-2-17(27)26-16-7-11-15(8-14(16)22)23-9-24-18(11)25-10-3-4-13(21)12(20)6-10/h3-4,6-9H,1-2,5H2,(H,26,27)(H,23,24,25). The number of fused-ring (bicyclic) bond motifs is 1. The number of nitrogens with zero attached hydrogens (tertiary/aromatic N) is 2. The molecular weight excluding hydrogens is 397 g/mol. The van der Waals surface area contributed by atoms with Crippen LogP contribution in [-0.4, -0.2) is 21.8 Å². The first kappa shape index (κ1) is 19.3. The predicted octanol–water partition coefficient (Wildman–Crippen LogP) is 5.26. The lowest BCUT2D eigenvalue weighted by atomic mass is 10.2. The van der Waals surface area contributed by atoms with Gasteiger partial charge in [0.1, 0.15) is 23.8 Å². The second kappa shape index (κ2) is 8.45. The number of hydrogen-bond donors (Lipinski definition) is 2. The molecule has 5 nitrogen and oxygen atoms in total. The van der Waals surface area contributed by atoms with Crippen LogP contribution in [0.1, 0.15) is 12.8 Å². The molecule has 1 amide bonds. The van der Waals surface area contributed by atoms with Crippen LogP contribution in [0.2, 0.25) is 5.02 Å². The quantitative estimate of drug-likeness (QED) is 0.543. The average Bonchev–Trinajstić information content (AvgIpc) is 2.64. The normalized spacial score (nSPS) is 10.8. The molecule has 27 heavy (non-hydrogen) atoms. The number of carbonyl (C=O) groups excluding carboxylic acids is 1. The van der Waals surface area contributed by atoms with Gasteiger partial charge >= 0.3 is 0 Å². The summed E-state index contributed by atoms with van der Waals surface area (Å²) in [6.45, 7) is 0. The Hall–Kier alpha value is -2.51. The lowest BCUT2D eigenvalue weighted by Crippen LogP contribution is -2.12. The van der Waals surface area contributed by atoms with Gasteiger partial charge in [-0.1, -0.05) is 11.6 Å². The van der Waals surface area contributed by atoms with Crippen LogP contribution < -0.4 is 10.6 Å². The monoisotopic (exact) mass is 410 g/mol. The summed E-state index contributed by atoms with van der Waals surface area (Å²) in [6, 6.07) is 6.76. The molecule has 0 unspecified atom stereocenters. The molecule has 0 saturated carbocycles. The Balaban J connectivity index is 1.94. The van der Waals surface area contributed by atoms with Crippen LogP contribution >= 0.6 is 23.2 Å². The second-order valence-electron chi connectivity index (χ2n) is 5.67. The minimum Gasteiger partial charge on any atom is -0.340 e. The lowest BCUT2D eigenvalue weighted by Gasteiger charge is -2.11. The zero-order valence-electron chi connectivity index (χ0n) is 13.9. The van der Waals surface area contributed by atoms with Crippen LogP contribution in [0.3, 0.4) is 0 Å². The number of benzene rings is 2. The van der Waals surface area contributed by atoms with E-state index in [4.69, 9.17) is 23.2 Å². The fourth-order valence-corrected chi connectivity index (χ4v) is 2.74.